The van der Waals surface area contributed by atoms with Crippen molar-refractivity contribution in [2.75, 3.05) is 13.1 Å². The van der Waals surface area contributed by atoms with Gasteiger partial charge in [0.15, 0.2) is 0 Å². The summed E-state index contributed by atoms with van der Waals surface area (Å²) < 4.78 is 0. The van der Waals surface area contributed by atoms with Gasteiger partial charge in [0, 0.05) is 13.1 Å². The van der Waals surface area contributed by atoms with Gasteiger partial charge in [0.2, 0.25) is 5.91 Å². The van der Waals surface area contributed by atoms with Gasteiger partial charge in [0.25, 0.3) is 0 Å². The van der Waals surface area contributed by atoms with Gasteiger partial charge in [-0.3, -0.25) is 4.79 Å². The van der Waals surface area contributed by atoms with Gasteiger partial charge in [-0.25, -0.2) is 0 Å². The average Bonchev–Trinajstić information content (AvgIpc) is 2.59. The summed E-state index contributed by atoms with van der Waals surface area (Å²) in [6.07, 6.45) is 2.30. The zero-order chi connectivity index (χ0) is 16.7. The third kappa shape index (κ3) is 4.10. The van der Waals surface area contributed by atoms with Crippen LogP contribution in [0.15, 0.2) is 42.5 Å². The topological polar surface area (TPSA) is 44.1 Å². The SMILES string of the molecule is CCCN(CCC)C(=O)C(C#N)Cc1cccc2ccccc12. The minimum Gasteiger partial charge on any atom is -0.342 e. The van der Waals surface area contributed by atoms with E-state index in [0.717, 1.165) is 42.3 Å². The number of carbonyl (C=O) groups is 1. The molecule has 0 aromatic heterocycles. The van der Waals surface area contributed by atoms with E-state index in [-0.39, 0.29) is 5.91 Å². The Morgan fingerprint density at radius 3 is 2.39 bits per heavy atom. The smallest absolute Gasteiger partial charge is 0.240 e. The van der Waals surface area contributed by atoms with Crippen LogP contribution < -0.4 is 0 Å². The highest BCUT2D eigenvalue weighted by Crippen LogP contribution is 2.22. The summed E-state index contributed by atoms with van der Waals surface area (Å²) in [5.74, 6) is -0.650. The molecule has 0 heterocycles. The molecule has 0 bridgehead atoms. The molecule has 0 saturated heterocycles. The second kappa shape index (κ2) is 8.33. The van der Waals surface area contributed by atoms with Gasteiger partial charge in [0.1, 0.15) is 5.92 Å². The Hall–Kier alpha value is -2.34. The zero-order valence-electron chi connectivity index (χ0n) is 14.0. The standard InChI is InChI=1S/C20H24N2O/c1-3-12-22(13-4-2)20(23)18(15-21)14-17-10-7-9-16-8-5-6-11-19(16)17/h5-11,18H,3-4,12-14H2,1-2H3. The van der Waals surface area contributed by atoms with Gasteiger partial charge in [-0.2, -0.15) is 5.26 Å². The van der Waals surface area contributed by atoms with E-state index < -0.39 is 5.92 Å². The van der Waals surface area contributed by atoms with E-state index >= 15 is 0 Å². The highest BCUT2D eigenvalue weighted by molar-refractivity contribution is 5.87. The molecule has 0 aliphatic heterocycles. The van der Waals surface area contributed by atoms with Crippen molar-refractivity contribution in [1.29, 1.82) is 5.26 Å². The van der Waals surface area contributed by atoms with E-state index in [1.165, 1.54) is 0 Å². The van der Waals surface area contributed by atoms with Crippen LogP contribution in [0.2, 0.25) is 0 Å². The summed E-state index contributed by atoms with van der Waals surface area (Å²) in [6.45, 7) is 5.56. The molecule has 3 nitrogen and oxygen atoms in total. The van der Waals surface area contributed by atoms with Gasteiger partial charge in [0.05, 0.1) is 6.07 Å². The fourth-order valence-corrected chi connectivity index (χ4v) is 2.97. The Morgan fingerprint density at radius 1 is 1.09 bits per heavy atom. The minimum atomic E-state index is -0.612. The average molecular weight is 308 g/mol. The lowest BCUT2D eigenvalue weighted by molar-refractivity contribution is -0.133. The van der Waals surface area contributed by atoms with Crippen LogP contribution in [0.4, 0.5) is 0 Å². The zero-order valence-corrected chi connectivity index (χ0v) is 14.0. The molecular weight excluding hydrogens is 284 g/mol. The largest absolute Gasteiger partial charge is 0.342 e. The molecule has 0 aliphatic rings. The first kappa shape index (κ1) is 17.0. The molecule has 23 heavy (non-hydrogen) atoms. The van der Waals surface area contributed by atoms with Crippen LogP contribution >= 0.6 is 0 Å². The highest BCUT2D eigenvalue weighted by Gasteiger charge is 2.24. The van der Waals surface area contributed by atoms with Crippen LogP contribution in [0.25, 0.3) is 10.8 Å². The molecule has 2 aromatic rings. The van der Waals surface area contributed by atoms with E-state index in [2.05, 4.69) is 38.1 Å². The van der Waals surface area contributed by atoms with Crippen LogP contribution in [-0.4, -0.2) is 23.9 Å². The molecule has 2 aromatic carbocycles. The lowest BCUT2D eigenvalue weighted by Gasteiger charge is -2.24. The third-order valence-electron chi connectivity index (χ3n) is 4.06. The van der Waals surface area contributed by atoms with Crippen molar-refractivity contribution in [2.45, 2.75) is 33.1 Å². The fraction of sp³-hybridized carbons (Fsp3) is 0.400. The van der Waals surface area contributed by atoms with Crippen molar-refractivity contribution in [3.8, 4) is 6.07 Å². The van der Waals surface area contributed by atoms with Crippen LogP contribution in [0.5, 0.6) is 0 Å². The molecule has 0 spiro atoms. The van der Waals surface area contributed by atoms with Crippen molar-refractivity contribution in [1.82, 2.24) is 4.90 Å². The second-order valence-electron chi connectivity index (χ2n) is 5.85. The molecule has 1 atom stereocenters. The van der Waals surface area contributed by atoms with Crippen LogP contribution in [-0.2, 0) is 11.2 Å². The first-order chi connectivity index (χ1) is 11.2. The number of hydrogen-bond acceptors (Lipinski definition) is 2. The summed E-state index contributed by atoms with van der Waals surface area (Å²) in [4.78, 5) is 14.5. The highest BCUT2D eigenvalue weighted by atomic mass is 16.2. The number of carbonyl (C=O) groups excluding carboxylic acids is 1. The summed E-state index contributed by atoms with van der Waals surface area (Å²) >= 11 is 0. The molecule has 1 unspecified atom stereocenters. The van der Waals surface area contributed by atoms with Crippen molar-refractivity contribution in [3.63, 3.8) is 0 Å². The first-order valence-electron chi connectivity index (χ1n) is 8.36. The molecule has 120 valence electrons. The van der Waals surface area contributed by atoms with E-state index in [0.29, 0.717) is 6.42 Å². The molecule has 0 N–H and O–H groups in total. The Morgan fingerprint density at radius 2 is 1.74 bits per heavy atom. The van der Waals surface area contributed by atoms with Gasteiger partial charge >= 0.3 is 0 Å². The Labute approximate surface area is 138 Å². The first-order valence-corrected chi connectivity index (χ1v) is 8.36. The maximum Gasteiger partial charge on any atom is 0.240 e. The minimum absolute atomic E-state index is 0.0378. The Balaban J connectivity index is 2.24. The quantitative estimate of drug-likeness (QED) is 0.770. The Kier molecular flexibility index (Phi) is 6.17. The lowest BCUT2D eigenvalue weighted by atomic mass is 9.94. The van der Waals surface area contributed by atoms with Gasteiger partial charge in [-0.05, 0) is 35.6 Å². The predicted octanol–water partition coefficient (Wildman–Crippen LogP) is 4.17. The molecule has 0 saturated carbocycles. The summed E-state index contributed by atoms with van der Waals surface area (Å²) in [6, 6.07) is 16.4. The predicted molar refractivity (Wildman–Crippen MR) is 93.9 cm³/mol. The van der Waals surface area contributed by atoms with E-state index in [1.807, 2.05) is 29.2 Å². The maximum absolute atomic E-state index is 12.7. The number of rotatable bonds is 7. The van der Waals surface area contributed by atoms with E-state index in [9.17, 15) is 10.1 Å². The number of nitrogens with zero attached hydrogens (tertiary/aromatic N) is 2. The molecule has 2 rings (SSSR count). The Bertz CT molecular complexity index is 691. The maximum atomic E-state index is 12.7. The van der Waals surface area contributed by atoms with Crippen molar-refractivity contribution in [2.24, 2.45) is 5.92 Å². The molecule has 3 heteroatoms. The molecule has 0 fully saturated rings. The number of hydrogen-bond donors (Lipinski definition) is 0. The summed E-state index contributed by atoms with van der Waals surface area (Å²) in [5.41, 5.74) is 1.07. The van der Waals surface area contributed by atoms with Gasteiger partial charge in [-0.1, -0.05) is 56.3 Å². The molecule has 1 amide bonds. The van der Waals surface area contributed by atoms with Gasteiger partial charge < -0.3 is 4.90 Å². The van der Waals surface area contributed by atoms with E-state index in [1.54, 1.807) is 0 Å². The fourth-order valence-electron chi connectivity index (χ4n) is 2.97. The summed E-state index contributed by atoms with van der Waals surface area (Å²) in [5, 5.41) is 11.8. The van der Waals surface area contributed by atoms with Crippen LogP contribution in [0, 0.1) is 17.2 Å². The number of fused-ring (bicyclic) bond motifs is 1. The molecule has 0 aliphatic carbocycles. The van der Waals surface area contributed by atoms with Crippen molar-refractivity contribution >= 4 is 16.7 Å². The molecular formula is C20H24N2O. The van der Waals surface area contributed by atoms with Crippen molar-refractivity contribution in [3.05, 3.63) is 48.0 Å². The van der Waals surface area contributed by atoms with Gasteiger partial charge in [-0.15, -0.1) is 0 Å². The van der Waals surface area contributed by atoms with Crippen LogP contribution in [0.3, 0.4) is 0 Å². The number of nitriles is 1. The second-order valence-corrected chi connectivity index (χ2v) is 5.85. The monoisotopic (exact) mass is 308 g/mol. The normalized spacial score (nSPS) is 11.9. The molecule has 0 radical (unpaired) electrons. The number of amides is 1. The van der Waals surface area contributed by atoms with Crippen LogP contribution in [0.1, 0.15) is 32.3 Å². The van der Waals surface area contributed by atoms with E-state index in [4.69, 9.17) is 0 Å². The van der Waals surface area contributed by atoms with Crippen molar-refractivity contribution < 1.29 is 4.79 Å². The third-order valence-corrected chi connectivity index (χ3v) is 4.06. The summed E-state index contributed by atoms with van der Waals surface area (Å²) in [7, 11) is 0. The lowest BCUT2D eigenvalue weighted by Crippen LogP contribution is -2.37. The number of benzene rings is 2.